The molecule has 3 aromatic rings. The Bertz CT molecular complexity index is 881. The van der Waals surface area contributed by atoms with Crippen LogP contribution >= 0.6 is 12.2 Å². The second-order valence-corrected chi connectivity index (χ2v) is 4.82. The Morgan fingerprint density at radius 1 is 1.09 bits per heavy atom. The quantitative estimate of drug-likeness (QED) is 0.590. The Morgan fingerprint density at radius 3 is 2.55 bits per heavy atom. The summed E-state index contributed by atoms with van der Waals surface area (Å²) in [7, 11) is 0. The number of aromatic nitrogens is 3. The third-order valence-corrected chi connectivity index (χ3v) is 3.23. The van der Waals surface area contributed by atoms with Crippen molar-refractivity contribution in [3.63, 3.8) is 0 Å². The zero-order valence-electron chi connectivity index (χ0n) is 11.2. The first-order valence-electron chi connectivity index (χ1n) is 6.37. The fraction of sp³-hybridized carbons (Fsp3) is 0. The molecule has 22 heavy (non-hydrogen) atoms. The predicted molar refractivity (Wildman–Crippen MR) is 82.2 cm³/mol. The van der Waals surface area contributed by atoms with Crippen molar-refractivity contribution in [2.45, 2.75) is 0 Å². The Morgan fingerprint density at radius 2 is 1.82 bits per heavy atom. The second kappa shape index (κ2) is 5.98. The summed E-state index contributed by atoms with van der Waals surface area (Å²) in [4.78, 5) is 0. The van der Waals surface area contributed by atoms with Gasteiger partial charge in [0.25, 0.3) is 0 Å². The van der Waals surface area contributed by atoms with Gasteiger partial charge in [-0.25, -0.2) is 13.9 Å². The van der Waals surface area contributed by atoms with E-state index in [1.54, 1.807) is 30.3 Å². The predicted octanol–water partition coefficient (Wildman–Crippen LogP) is 3.77. The fourth-order valence-electron chi connectivity index (χ4n) is 1.88. The first-order valence-corrected chi connectivity index (χ1v) is 6.78. The third kappa shape index (κ3) is 2.84. The molecule has 0 unspecified atom stereocenters. The lowest BCUT2D eigenvalue weighted by molar-refractivity contribution is 0.625. The first kappa shape index (κ1) is 14.3. The summed E-state index contributed by atoms with van der Waals surface area (Å²) in [6.45, 7) is 0. The van der Waals surface area contributed by atoms with Gasteiger partial charge in [0.05, 0.1) is 6.21 Å². The lowest BCUT2D eigenvalue weighted by Gasteiger charge is -2.01. The Hall–Kier alpha value is -2.67. The van der Waals surface area contributed by atoms with Crippen molar-refractivity contribution >= 4 is 18.4 Å². The maximum absolute atomic E-state index is 13.6. The first-order chi connectivity index (χ1) is 10.6. The van der Waals surface area contributed by atoms with Crippen LogP contribution in [0, 0.1) is 16.4 Å². The van der Waals surface area contributed by atoms with E-state index in [9.17, 15) is 8.78 Å². The molecule has 110 valence electrons. The van der Waals surface area contributed by atoms with Crippen LogP contribution in [0.5, 0.6) is 0 Å². The molecule has 7 heteroatoms. The molecule has 0 spiro atoms. The molecular weight excluding hydrogens is 306 g/mol. The summed E-state index contributed by atoms with van der Waals surface area (Å²) in [5, 5.41) is 10.8. The van der Waals surface area contributed by atoms with E-state index in [2.05, 4.69) is 15.3 Å². The van der Waals surface area contributed by atoms with E-state index < -0.39 is 0 Å². The largest absolute Gasteiger partial charge is 0.250 e. The molecule has 0 aliphatic heterocycles. The average molecular weight is 316 g/mol. The van der Waals surface area contributed by atoms with E-state index >= 15 is 0 Å². The van der Waals surface area contributed by atoms with E-state index in [0.29, 0.717) is 17.0 Å². The van der Waals surface area contributed by atoms with Crippen molar-refractivity contribution in [2.24, 2.45) is 5.10 Å². The average Bonchev–Trinajstić information content (AvgIpc) is 2.88. The van der Waals surface area contributed by atoms with Gasteiger partial charge in [-0.15, -0.1) is 0 Å². The molecule has 0 saturated carbocycles. The van der Waals surface area contributed by atoms with Gasteiger partial charge in [-0.2, -0.15) is 14.9 Å². The van der Waals surface area contributed by atoms with Gasteiger partial charge in [-0.3, -0.25) is 0 Å². The summed E-state index contributed by atoms with van der Waals surface area (Å²) in [5.41, 5.74) is 0.968. The number of hydrogen-bond acceptors (Lipinski definition) is 3. The van der Waals surface area contributed by atoms with Crippen molar-refractivity contribution in [3.05, 3.63) is 70.5 Å². The monoisotopic (exact) mass is 316 g/mol. The highest BCUT2D eigenvalue weighted by molar-refractivity contribution is 7.71. The molecule has 3 rings (SSSR count). The lowest BCUT2D eigenvalue weighted by Crippen LogP contribution is -1.96. The van der Waals surface area contributed by atoms with Crippen LogP contribution in [0.2, 0.25) is 0 Å². The normalized spacial score (nSPS) is 11.2. The van der Waals surface area contributed by atoms with Crippen LogP contribution in [0.4, 0.5) is 8.78 Å². The summed E-state index contributed by atoms with van der Waals surface area (Å²) < 4.78 is 28.2. The minimum absolute atomic E-state index is 0.256. The molecule has 0 amide bonds. The molecular formula is C15H10F2N4S. The fourth-order valence-corrected chi connectivity index (χ4v) is 2.06. The van der Waals surface area contributed by atoms with Crippen molar-refractivity contribution in [1.82, 2.24) is 14.9 Å². The molecule has 1 aromatic heterocycles. The number of H-pyrrole nitrogens is 1. The highest BCUT2D eigenvalue weighted by atomic mass is 32.1. The number of nitrogens with zero attached hydrogens (tertiary/aromatic N) is 3. The molecule has 2 aromatic carbocycles. The third-order valence-electron chi connectivity index (χ3n) is 2.97. The molecule has 0 saturated heterocycles. The van der Waals surface area contributed by atoms with Crippen molar-refractivity contribution < 1.29 is 8.78 Å². The van der Waals surface area contributed by atoms with Crippen LogP contribution in [-0.4, -0.2) is 21.1 Å². The van der Waals surface area contributed by atoms with Gasteiger partial charge >= 0.3 is 0 Å². The zero-order valence-corrected chi connectivity index (χ0v) is 12.0. The lowest BCUT2D eigenvalue weighted by atomic mass is 10.2. The second-order valence-electron chi connectivity index (χ2n) is 4.44. The van der Waals surface area contributed by atoms with E-state index in [4.69, 9.17) is 12.2 Å². The van der Waals surface area contributed by atoms with Gasteiger partial charge in [-0.05, 0) is 42.5 Å². The van der Waals surface area contributed by atoms with Crippen molar-refractivity contribution in [1.29, 1.82) is 0 Å². The smallest absolute Gasteiger partial charge is 0.216 e. The maximum Gasteiger partial charge on any atom is 0.216 e. The minimum atomic E-state index is -0.385. The van der Waals surface area contributed by atoms with Crippen LogP contribution in [0.3, 0.4) is 0 Å². The van der Waals surface area contributed by atoms with Gasteiger partial charge in [0, 0.05) is 11.1 Å². The standard InChI is InChI=1S/C15H10F2N4S/c16-12-7-5-10(6-8-12)14-19-20-15(22)21(14)18-9-11-3-1-2-4-13(11)17/h1-9H,(H,20,22). The number of hydrogen-bond donors (Lipinski definition) is 1. The molecule has 1 N–H and O–H groups in total. The summed E-state index contributed by atoms with van der Waals surface area (Å²) in [6.07, 6.45) is 1.35. The van der Waals surface area contributed by atoms with Crippen LogP contribution in [0.15, 0.2) is 53.6 Å². The highest BCUT2D eigenvalue weighted by Gasteiger charge is 2.08. The Kier molecular flexibility index (Phi) is 3.88. The number of nitrogens with one attached hydrogen (secondary N) is 1. The van der Waals surface area contributed by atoms with Gasteiger partial charge in [-0.1, -0.05) is 18.2 Å². The van der Waals surface area contributed by atoms with E-state index in [0.717, 1.165) is 0 Å². The van der Waals surface area contributed by atoms with Crippen molar-refractivity contribution in [3.8, 4) is 11.4 Å². The van der Waals surface area contributed by atoms with Crippen LogP contribution < -0.4 is 0 Å². The molecule has 0 radical (unpaired) electrons. The molecule has 1 heterocycles. The number of benzene rings is 2. The van der Waals surface area contributed by atoms with E-state index in [-0.39, 0.29) is 16.4 Å². The number of halogens is 2. The number of aromatic amines is 1. The minimum Gasteiger partial charge on any atom is -0.250 e. The summed E-state index contributed by atoms with van der Waals surface area (Å²) >= 11 is 5.11. The molecule has 0 fully saturated rings. The topological polar surface area (TPSA) is 46.0 Å². The SMILES string of the molecule is Fc1ccc(-c2n[nH]c(=S)n2N=Cc2ccccc2F)cc1. The van der Waals surface area contributed by atoms with Gasteiger partial charge < -0.3 is 0 Å². The van der Waals surface area contributed by atoms with Crippen LogP contribution in [0.25, 0.3) is 11.4 Å². The number of rotatable bonds is 3. The Labute approximate surface area is 129 Å². The van der Waals surface area contributed by atoms with Gasteiger partial charge in [0.15, 0.2) is 5.82 Å². The van der Waals surface area contributed by atoms with Crippen LogP contribution in [0.1, 0.15) is 5.56 Å². The maximum atomic E-state index is 13.6. The summed E-state index contributed by atoms with van der Waals surface area (Å²) in [6, 6.07) is 12.0. The zero-order chi connectivity index (χ0) is 15.5. The molecule has 0 aliphatic carbocycles. The van der Waals surface area contributed by atoms with E-state index in [1.165, 1.54) is 29.1 Å². The Balaban J connectivity index is 2.01. The molecule has 0 atom stereocenters. The van der Waals surface area contributed by atoms with Crippen molar-refractivity contribution in [2.75, 3.05) is 0 Å². The summed E-state index contributed by atoms with van der Waals surface area (Å²) in [5.74, 6) is -0.318. The van der Waals surface area contributed by atoms with E-state index in [1.807, 2.05) is 0 Å². The van der Waals surface area contributed by atoms with Gasteiger partial charge in [0.2, 0.25) is 4.77 Å². The van der Waals surface area contributed by atoms with Crippen LogP contribution in [-0.2, 0) is 0 Å². The molecule has 4 nitrogen and oxygen atoms in total. The highest BCUT2D eigenvalue weighted by Crippen LogP contribution is 2.17. The molecule has 0 bridgehead atoms. The van der Waals surface area contributed by atoms with Gasteiger partial charge in [0.1, 0.15) is 11.6 Å². The molecule has 0 aliphatic rings.